The predicted octanol–water partition coefficient (Wildman–Crippen LogP) is 13.2. The third-order valence-corrected chi connectivity index (χ3v) is 17.7. The van der Waals surface area contributed by atoms with Crippen LogP contribution in [-0.4, -0.2) is 58.5 Å². The maximum atomic E-state index is 12.6. The highest BCUT2D eigenvalue weighted by molar-refractivity contribution is 5.79. The Hall–Kier alpha value is -2.16. The molecule has 7 atom stereocenters. The van der Waals surface area contributed by atoms with E-state index in [1.165, 1.54) is 32.1 Å². The van der Waals surface area contributed by atoms with Crippen LogP contribution in [-0.2, 0) is 38.1 Å². The fraction of sp³-hybridized carbons (Fsp3) is 0.926. The first-order chi connectivity index (χ1) is 26.7. The van der Waals surface area contributed by atoms with Gasteiger partial charge in [-0.2, -0.15) is 0 Å². The molecule has 0 aromatic carbocycles. The van der Waals surface area contributed by atoms with E-state index in [9.17, 15) is 24.3 Å². The Bertz CT molecular complexity index is 1500. The Labute approximate surface area is 387 Å². The topological polar surface area (TPSA) is 125 Å². The zero-order valence-corrected chi connectivity index (χ0v) is 37.0. The quantitative estimate of drug-likeness (QED) is 0.168. The summed E-state index contributed by atoms with van der Waals surface area (Å²) in [5, 5.41) is 10.5. The molecule has 11 aliphatic rings. The molecule has 7 unspecified atom stereocenters. The summed E-state index contributed by atoms with van der Waals surface area (Å²) in [5.41, 5.74) is -1.75. The van der Waals surface area contributed by atoms with Crippen molar-refractivity contribution in [3.63, 3.8) is 0 Å². The molecule has 9 nitrogen and oxygen atoms in total. The van der Waals surface area contributed by atoms with Crippen LogP contribution in [0.15, 0.2) is 0 Å². The number of carbonyl (C=O) groups excluding carboxylic acids is 4. The minimum atomic E-state index is -0.455. The number of rotatable bonds is 10. The van der Waals surface area contributed by atoms with Crippen LogP contribution in [0.3, 0.4) is 0 Å². The summed E-state index contributed by atoms with van der Waals surface area (Å²) >= 11 is 0. The molecule has 1 N–H and O–H groups in total. The van der Waals surface area contributed by atoms with Gasteiger partial charge < -0.3 is 24.1 Å². The Morgan fingerprint density at radius 2 is 1.03 bits per heavy atom. The lowest BCUT2D eigenvalue weighted by Crippen LogP contribution is -2.60. The minimum Gasteiger partial charge on any atom is -0.461 e. The lowest BCUT2D eigenvalue weighted by molar-refractivity contribution is -0.218. The van der Waals surface area contributed by atoms with Crippen LogP contribution in [0.1, 0.15) is 217 Å². The Kier molecular flexibility index (Phi) is 19.8. The molecule has 11 fully saturated rings. The average Bonchev–Trinajstić information content (AvgIpc) is 3.79. The van der Waals surface area contributed by atoms with Crippen molar-refractivity contribution in [2.24, 2.45) is 75.4 Å². The molecular formula is C54H100O9. The van der Waals surface area contributed by atoms with Gasteiger partial charge in [0.1, 0.15) is 23.9 Å². The van der Waals surface area contributed by atoms with E-state index >= 15 is 0 Å². The third kappa shape index (κ3) is 10.8. The van der Waals surface area contributed by atoms with E-state index in [1.54, 1.807) is 0 Å². The smallest absolute Gasteiger partial charge is 0.312 e. The zero-order valence-electron chi connectivity index (χ0n) is 37.0. The Morgan fingerprint density at radius 1 is 0.587 bits per heavy atom. The van der Waals surface area contributed by atoms with E-state index in [0.29, 0.717) is 41.4 Å². The van der Waals surface area contributed by atoms with Crippen molar-refractivity contribution >= 4 is 23.9 Å². The molecular weight excluding hydrogens is 793 g/mol. The molecule has 9 heteroatoms. The highest BCUT2D eigenvalue weighted by Gasteiger charge is 2.64. The monoisotopic (exact) mass is 893 g/mol. The molecule has 0 amide bonds. The van der Waals surface area contributed by atoms with Crippen LogP contribution in [0.5, 0.6) is 0 Å². The number of ether oxygens (including phenoxy) is 4. The van der Waals surface area contributed by atoms with E-state index in [0.717, 1.165) is 82.5 Å². The molecule has 63 heavy (non-hydrogen) atoms. The van der Waals surface area contributed by atoms with Gasteiger partial charge >= 0.3 is 23.9 Å². The standard InChI is InChI=1S/C18H30O2.C16H26O3.C14H20O4.6CH4/c1-5-17(3,4)16(19)20-18(6-2)14-8-12-7-13(10-14)11-15(18)9-12;1-4-15(2,3)14(17)19-13-11-5-10-6-12(13)9-16(18,7-10)8-11;1-4-14(2,3)13(16)18-10-7-5-8-9(6-7)12(15)17-11(8)10;;;;;;/h12-15H,5-11H2,1-4H3;10-13,18H,4-9H2,1-3H3;7-11H,4-6H2,1-3H3;6*1H4. The number of hydrogen-bond donors (Lipinski definition) is 1. The molecule has 10 bridgehead atoms. The summed E-state index contributed by atoms with van der Waals surface area (Å²) in [6.07, 6.45) is 16.5. The number of esters is 4. The Morgan fingerprint density at radius 3 is 1.46 bits per heavy atom. The minimum absolute atomic E-state index is 0. The van der Waals surface area contributed by atoms with Gasteiger partial charge in [-0.3, -0.25) is 19.2 Å². The fourth-order valence-corrected chi connectivity index (χ4v) is 13.3. The SMILES string of the molecule is C.C.C.C.C.C.CCC(C)(C)C(=O)OC1(CC)C2CC3CC(C2)CC1C3.CCC(C)(C)C(=O)OC1C2CC3C(=O)OC1C3C2.CCC(C)(C)C(=O)OC1C2CC3CC1CC(O)(C3)C2. The van der Waals surface area contributed by atoms with Crippen molar-refractivity contribution in [1.29, 1.82) is 0 Å². The molecule has 0 spiro atoms. The third-order valence-electron chi connectivity index (χ3n) is 17.7. The van der Waals surface area contributed by atoms with Crippen molar-refractivity contribution in [3.05, 3.63) is 0 Å². The molecule has 10 aliphatic carbocycles. The first kappa shape index (κ1) is 58.9. The van der Waals surface area contributed by atoms with Crippen molar-refractivity contribution in [1.82, 2.24) is 0 Å². The number of fused-ring (bicyclic) bond motifs is 1. The lowest BCUT2D eigenvalue weighted by Gasteiger charge is -2.60. The molecule has 370 valence electrons. The van der Waals surface area contributed by atoms with Crippen LogP contribution < -0.4 is 0 Å². The van der Waals surface area contributed by atoms with Gasteiger partial charge in [0.25, 0.3) is 0 Å². The Balaban J connectivity index is 0.000000452. The molecule has 0 aromatic rings. The summed E-state index contributed by atoms with van der Waals surface area (Å²) in [4.78, 5) is 48.6. The summed E-state index contributed by atoms with van der Waals surface area (Å²) in [7, 11) is 0. The summed E-state index contributed by atoms with van der Waals surface area (Å²) in [5.74, 6) is 5.02. The van der Waals surface area contributed by atoms with Crippen LogP contribution in [0, 0.1) is 75.4 Å². The van der Waals surface area contributed by atoms with Crippen molar-refractivity contribution < 1.29 is 43.2 Å². The lowest BCUT2D eigenvalue weighted by atomic mass is 9.49. The predicted molar refractivity (Wildman–Crippen MR) is 257 cm³/mol. The molecule has 1 heterocycles. The first-order valence-corrected chi connectivity index (χ1v) is 23.3. The summed E-state index contributed by atoms with van der Waals surface area (Å²) in [6, 6.07) is 0. The summed E-state index contributed by atoms with van der Waals surface area (Å²) in [6.45, 7) is 20.1. The van der Waals surface area contributed by atoms with Gasteiger partial charge in [0.15, 0.2) is 0 Å². The van der Waals surface area contributed by atoms with Crippen LogP contribution in [0.25, 0.3) is 0 Å². The molecule has 1 aliphatic heterocycles. The van der Waals surface area contributed by atoms with Crippen molar-refractivity contribution in [3.8, 4) is 0 Å². The number of aliphatic hydroxyl groups is 1. The number of carbonyl (C=O) groups is 4. The fourth-order valence-electron chi connectivity index (χ4n) is 13.3. The van der Waals surface area contributed by atoms with Gasteiger partial charge in [0, 0.05) is 11.8 Å². The maximum Gasteiger partial charge on any atom is 0.312 e. The molecule has 1 saturated heterocycles. The van der Waals surface area contributed by atoms with Crippen LogP contribution >= 0.6 is 0 Å². The van der Waals surface area contributed by atoms with Gasteiger partial charge in [-0.25, -0.2) is 0 Å². The number of hydrogen-bond acceptors (Lipinski definition) is 9. The van der Waals surface area contributed by atoms with E-state index < -0.39 is 11.0 Å². The average molecular weight is 893 g/mol. The molecule has 0 aromatic heterocycles. The largest absolute Gasteiger partial charge is 0.461 e. The first-order valence-electron chi connectivity index (χ1n) is 23.3. The highest BCUT2D eigenvalue weighted by Crippen LogP contribution is 2.61. The van der Waals surface area contributed by atoms with Crippen molar-refractivity contribution in [2.45, 2.75) is 246 Å². The van der Waals surface area contributed by atoms with Crippen LogP contribution in [0.4, 0.5) is 0 Å². The van der Waals surface area contributed by atoms with Gasteiger partial charge in [0.2, 0.25) is 0 Å². The highest BCUT2D eigenvalue weighted by atomic mass is 16.6. The van der Waals surface area contributed by atoms with Gasteiger partial charge in [0.05, 0.1) is 27.8 Å². The second-order valence-electron chi connectivity index (χ2n) is 22.6. The molecule has 10 saturated carbocycles. The van der Waals surface area contributed by atoms with Crippen LogP contribution in [0.2, 0.25) is 0 Å². The molecule has 11 rings (SSSR count). The van der Waals surface area contributed by atoms with E-state index in [1.807, 2.05) is 55.4 Å². The van der Waals surface area contributed by atoms with E-state index in [4.69, 9.17) is 18.9 Å². The van der Waals surface area contributed by atoms with E-state index in [2.05, 4.69) is 13.8 Å². The van der Waals surface area contributed by atoms with Crippen molar-refractivity contribution in [2.75, 3.05) is 0 Å². The normalized spacial score (nSPS) is 38.7. The zero-order chi connectivity index (χ0) is 41.5. The summed E-state index contributed by atoms with van der Waals surface area (Å²) < 4.78 is 23.2. The molecule has 0 radical (unpaired) electrons. The second-order valence-corrected chi connectivity index (χ2v) is 22.6. The maximum absolute atomic E-state index is 12.6. The second kappa shape index (κ2) is 21.2. The van der Waals surface area contributed by atoms with Gasteiger partial charge in [-0.1, -0.05) is 72.3 Å². The van der Waals surface area contributed by atoms with E-state index in [-0.39, 0.29) is 109 Å². The van der Waals surface area contributed by atoms with Gasteiger partial charge in [-0.15, -0.1) is 0 Å². The van der Waals surface area contributed by atoms with Gasteiger partial charge in [-0.05, 0) is 186 Å².